The second-order valence-electron chi connectivity index (χ2n) is 2.91. The molecule has 0 heterocycles. The molecule has 0 saturated heterocycles. The fraction of sp³-hybridized carbons (Fsp3) is 0.667. The fourth-order valence-electron chi connectivity index (χ4n) is 0.906. The number of amides is 1. The molecular weight excluding hydrogens is 152 g/mol. The quantitative estimate of drug-likeness (QED) is 0.591. The van der Waals surface area contributed by atoms with E-state index in [9.17, 15) is 4.79 Å². The van der Waals surface area contributed by atoms with Gasteiger partial charge in [0.1, 0.15) is 0 Å². The van der Waals surface area contributed by atoms with E-state index in [2.05, 4.69) is 17.6 Å². The van der Waals surface area contributed by atoms with Gasteiger partial charge in [0, 0.05) is 6.54 Å². The van der Waals surface area contributed by atoms with Crippen molar-refractivity contribution in [1.82, 2.24) is 10.6 Å². The van der Waals surface area contributed by atoms with Crippen LogP contribution in [0.25, 0.3) is 0 Å². The molecule has 3 nitrogen and oxygen atoms in total. The van der Waals surface area contributed by atoms with Crippen molar-refractivity contribution in [3.63, 3.8) is 0 Å². The lowest BCUT2D eigenvalue weighted by Crippen LogP contribution is -2.31. The van der Waals surface area contributed by atoms with Gasteiger partial charge in [-0.3, -0.25) is 4.79 Å². The van der Waals surface area contributed by atoms with E-state index in [0.29, 0.717) is 5.92 Å². The van der Waals surface area contributed by atoms with Crippen molar-refractivity contribution in [2.45, 2.75) is 13.8 Å². The number of carbonyl (C=O) groups excluding carboxylic acids is 1. The zero-order valence-electron chi connectivity index (χ0n) is 8.05. The Morgan fingerprint density at radius 3 is 2.67 bits per heavy atom. The monoisotopic (exact) mass is 170 g/mol. The summed E-state index contributed by atoms with van der Waals surface area (Å²) >= 11 is 0. The van der Waals surface area contributed by atoms with Crippen LogP contribution in [0.1, 0.15) is 13.8 Å². The summed E-state index contributed by atoms with van der Waals surface area (Å²) in [7, 11) is 1.91. The first-order valence-electron chi connectivity index (χ1n) is 4.25. The average molecular weight is 170 g/mol. The minimum absolute atomic E-state index is 0.0135. The van der Waals surface area contributed by atoms with Crippen LogP contribution < -0.4 is 10.6 Å². The molecule has 0 fully saturated rings. The van der Waals surface area contributed by atoms with E-state index in [1.54, 1.807) is 6.08 Å². The summed E-state index contributed by atoms with van der Waals surface area (Å²) in [5.74, 6) is 0.463. The van der Waals surface area contributed by atoms with Crippen LogP contribution in [0.4, 0.5) is 0 Å². The third-order valence-corrected chi connectivity index (χ3v) is 1.50. The summed E-state index contributed by atoms with van der Waals surface area (Å²) in [5.41, 5.74) is 0. The molecule has 0 aliphatic carbocycles. The largest absolute Gasteiger partial charge is 0.352 e. The molecule has 1 amide bonds. The van der Waals surface area contributed by atoms with Crippen molar-refractivity contribution in [2.24, 2.45) is 5.92 Å². The van der Waals surface area contributed by atoms with Crippen molar-refractivity contribution < 1.29 is 4.79 Å². The third-order valence-electron chi connectivity index (χ3n) is 1.50. The Labute approximate surface area is 74.2 Å². The van der Waals surface area contributed by atoms with Crippen LogP contribution >= 0.6 is 0 Å². The molecule has 0 bridgehead atoms. The summed E-state index contributed by atoms with van der Waals surface area (Å²) < 4.78 is 0. The van der Waals surface area contributed by atoms with Crippen LogP contribution in [0.3, 0.4) is 0 Å². The van der Waals surface area contributed by atoms with Gasteiger partial charge in [0.15, 0.2) is 0 Å². The summed E-state index contributed by atoms with van der Waals surface area (Å²) in [5, 5.41) is 5.86. The van der Waals surface area contributed by atoms with Crippen molar-refractivity contribution >= 4 is 5.91 Å². The van der Waals surface area contributed by atoms with E-state index < -0.39 is 0 Å². The molecule has 0 rings (SSSR count). The average Bonchev–Trinajstić information content (AvgIpc) is 2.02. The van der Waals surface area contributed by atoms with Crippen molar-refractivity contribution in [3.8, 4) is 0 Å². The van der Waals surface area contributed by atoms with Gasteiger partial charge in [-0.1, -0.05) is 13.0 Å². The van der Waals surface area contributed by atoms with Crippen LogP contribution in [0.15, 0.2) is 12.2 Å². The second kappa shape index (κ2) is 6.85. The number of carbonyl (C=O) groups is 1. The fourth-order valence-corrected chi connectivity index (χ4v) is 0.906. The Bertz CT molecular complexity index is 155. The zero-order valence-corrected chi connectivity index (χ0v) is 8.05. The molecule has 0 radical (unpaired) electrons. The molecule has 1 unspecified atom stereocenters. The first kappa shape index (κ1) is 11.2. The van der Waals surface area contributed by atoms with E-state index in [1.165, 1.54) is 6.08 Å². The molecule has 1 atom stereocenters. The highest BCUT2D eigenvalue weighted by atomic mass is 16.1. The number of hydrogen-bond acceptors (Lipinski definition) is 2. The topological polar surface area (TPSA) is 41.1 Å². The van der Waals surface area contributed by atoms with E-state index >= 15 is 0 Å². The first-order valence-corrected chi connectivity index (χ1v) is 4.25. The lowest BCUT2D eigenvalue weighted by atomic mass is 10.2. The van der Waals surface area contributed by atoms with E-state index in [1.807, 2.05) is 14.0 Å². The standard InChI is InChI=1S/C9H18N2O/c1-4-5-9(12)11-7-8(2)6-10-3/h4-5,8,10H,6-7H2,1-3H3,(H,11,12)/b5-4+. The van der Waals surface area contributed by atoms with Crippen LogP contribution in [0.2, 0.25) is 0 Å². The van der Waals surface area contributed by atoms with Gasteiger partial charge in [0.25, 0.3) is 0 Å². The zero-order chi connectivity index (χ0) is 9.40. The SMILES string of the molecule is C/C=C/C(=O)NCC(C)CNC. The molecule has 12 heavy (non-hydrogen) atoms. The number of allylic oxidation sites excluding steroid dienone is 1. The summed E-state index contributed by atoms with van der Waals surface area (Å²) in [6.45, 7) is 5.57. The van der Waals surface area contributed by atoms with Gasteiger partial charge in [-0.05, 0) is 32.5 Å². The van der Waals surface area contributed by atoms with E-state index in [4.69, 9.17) is 0 Å². The number of hydrogen-bond donors (Lipinski definition) is 2. The first-order chi connectivity index (χ1) is 5.70. The van der Waals surface area contributed by atoms with Crippen LogP contribution in [0, 0.1) is 5.92 Å². The highest BCUT2D eigenvalue weighted by Crippen LogP contribution is 1.88. The maximum absolute atomic E-state index is 10.9. The van der Waals surface area contributed by atoms with Gasteiger partial charge in [-0.2, -0.15) is 0 Å². The smallest absolute Gasteiger partial charge is 0.243 e. The van der Waals surface area contributed by atoms with Crippen LogP contribution in [-0.4, -0.2) is 26.0 Å². The predicted octanol–water partition coefficient (Wildman–Crippen LogP) is 0.534. The molecule has 0 aromatic carbocycles. The molecule has 0 aromatic rings. The molecule has 3 heteroatoms. The summed E-state index contributed by atoms with van der Waals surface area (Å²) in [6.07, 6.45) is 3.27. The summed E-state index contributed by atoms with van der Waals surface area (Å²) in [6, 6.07) is 0. The number of rotatable bonds is 5. The highest BCUT2D eigenvalue weighted by molar-refractivity contribution is 5.87. The molecule has 0 aliphatic rings. The summed E-state index contributed by atoms with van der Waals surface area (Å²) in [4.78, 5) is 10.9. The van der Waals surface area contributed by atoms with E-state index in [-0.39, 0.29) is 5.91 Å². The van der Waals surface area contributed by atoms with Crippen molar-refractivity contribution in [2.75, 3.05) is 20.1 Å². The normalized spacial score (nSPS) is 13.2. The lowest BCUT2D eigenvalue weighted by molar-refractivity contribution is -0.116. The van der Waals surface area contributed by atoms with Gasteiger partial charge < -0.3 is 10.6 Å². The molecule has 0 aliphatic heterocycles. The van der Waals surface area contributed by atoms with Gasteiger partial charge >= 0.3 is 0 Å². The molecule has 0 aromatic heterocycles. The van der Waals surface area contributed by atoms with Gasteiger partial charge in [-0.15, -0.1) is 0 Å². The maximum atomic E-state index is 10.9. The molecule has 0 saturated carbocycles. The molecule has 0 spiro atoms. The predicted molar refractivity (Wildman–Crippen MR) is 50.9 cm³/mol. The Kier molecular flexibility index (Phi) is 6.38. The van der Waals surface area contributed by atoms with Gasteiger partial charge in [0.05, 0.1) is 0 Å². The minimum Gasteiger partial charge on any atom is -0.352 e. The third kappa shape index (κ3) is 5.92. The molecular formula is C9H18N2O. The highest BCUT2D eigenvalue weighted by Gasteiger charge is 2.00. The van der Waals surface area contributed by atoms with Gasteiger partial charge in [-0.25, -0.2) is 0 Å². The van der Waals surface area contributed by atoms with Crippen LogP contribution in [0.5, 0.6) is 0 Å². The molecule has 70 valence electrons. The van der Waals surface area contributed by atoms with Crippen molar-refractivity contribution in [1.29, 1.82) is 0 Å². The Hall–Kier alpha value is -0.830. The Balaban J connectivity index is 3.46. The maximum Gasteiger partial charge on any atom is 0.243 e. The Morgan fingerprint density at radius 1 is 1.50 bits per heavy atom. The Morgan fingerprint density at radius 2 is 2.17 bits per heavy atom. The second-order valence-corrected chi connectivity index (χ2v) is 2.91. The van der Waals surface area contributed by atoms with E-state index in [0.717, 1.165) is 13.1 Å². The van der Waals surface area contributed by atoms with Crippen LogP contribution in [-0.2, 0) is 4.79 Å². The van der Waals surface area contributed by atoms with Crippen molar-refractivity contribution in [3.05, 3.63) is 12.2 Å². The molecule has 2 N–H and O–H groups in total. The van der Waals surface area contributed by atoms with Gasteiger partial charge in [0.2, 0.25) is 5.91 Å². The lowest BCUT2D eigenvalue weighted by Gasteiger charge is -2.10. The number of nitrogens with one attached hydrogen (secondary N) is 2. The minimum atomic E-state index is -0.0135.